The summed E-state index contributed by atoms with van der Waals surface area (Å²) in [6.07, 6.45) is 1.88. The van der Waals surface area contributed by atoms with Gasteiger partial charge in [0.2, 0.25) is 15.9 Å². The quantitative estimate of drug-likeness (QED) is 0.717. The van der Waals surface area contributed by atoms with Gasteiger partial charge in [-0.25, -0.2) is 13.2 Å². The SMILES string of the molecule is CCc1ccc(N([C@H](C)C(=O)Nc2cccc(C(=O)OC)c2)S(C)(=O)=O)cc1. The molecule has 0 spiro atoms. The molecule has 0 heterocycles. The normalized spacial score (nSPS) is 12.1. The fraction of sp³-hybridized carbons (Fsp3) is 0.300. The number of rotatable bonds is 7. The van der Waals surface area contributed by atoms with E-state index in [-0.39, 0.29) is 5.56 Å². The average molecular weight is 404 g/mol. The van der Waals surface area contributed by atoms with Gasteiger partial charge in [0.25, 0.3) is 0 Å². The molecule has 0 unspecified atom stereocenters. The summed E-state index contributed by atoms with van der Waals surface area (Å²) >= 11 is 0. The molecule has 2 aromatic carbocycles. The highest BCUT2D eigenvalue weighted by atomic mass is 32.2. The minimum atomic E-state index is -3.70. The maximum Gasteiger partial charge on any atom is 0.337 e. The third kappa shape index (κ3) is 5.10. The second kappa shape index (κ2) is 8.88. The molecule has 1 N–H and O–H groups in total. The molecule has 150 valence electrons. The first-order valence-corrected chi connectivity index (χ1v) is 10.6. The first-order chi connectivity index (χ1) is 13.2. The number of hydrogen-bond donors (Lipinski definition) is 1. The van der Waals surface area contributed by atoms with E-state index in [4.69, 9.17) is 0 Å². The van der Waals surface area contributed by atoms with Crippen molar-refractivity contribution in [2.24, 2.45) is 0 Å². The number of hydrogen-bond acceptors (Lipinski definition) is 5. The van der Waals surface area contributed by atoms with Crippen LogP contribution in [0.1, 0.15) is 29.8 Å². The molecule has 0 aliphatic rings. The molecule has 2 aromatic rings. The Morgan fingerprint density at radius 2 is 1.79 bits per heavy atom. The first-order valence-electron chi connectivity index (χ1n) is 8.75. The van der Waals surface area contributed by atoms with Crippen molar-refractivity contribution >= 4 is 33.3 Å². The number of nitrogens with one attached hydrogen (secondary N) is 1. The van der Waals surface area contributed by atoms with Gasteiger partial charge in [0.1, 0.15) is 6.04 Å². The summed E-state index contributed by atoms with van der Waals surface area (Å²) in [6.45, 7) is 3.51. The molecule has 1 amide bonds. The van der Waals surface area contributed by atoms with E-state index in [0.717, 1.165) is 22.5 Å². The molecule has 0 aliphatic heterocycles. The minimum Gasteiger partial charge on any atom is -0.465 e. The van der Waals surface area contributed by atoms with Gasteiger partial charge in [-0.1, -0.05) is 25.1 Å². The van der Waals surface area contributed by atoms with Crippen LogP contribution in [0.3, 0.4) is 0 Å². The van der Waals surface area contributed by atoms with Crippen LogP contribution in [0.4, 0.5) is 11.4 Å². The van der Waals surface area contributed by atoms with Gasteiger partial charge in [-0.15, -0.1) is 0 Å². The summed E-state index contributed by atoms with van der Waals surface area (Å²) in [7, 11) is -2.43. The fourth-order valence-electron chi connectivity index (χ4n) is 2.78. The summed E-state index contributed by atoms with van der Waals surface area (Å²) < 4.78 is 30.4. The molecule has 2 rings (SSSR count). The topological polar surface area (TPSA) is 92.8 Å². The molecule has 28 heavy (non-hydrogen) atoms. The largest absolute Gasteiger partial charge is 0.465 e. The average Bonchev–Trinajstić information content (AvgIpc) is 2.67. The third-order valence-electron chi connectivity index (χ3n) is 4.24. The van der Waals surface area contributed by atoms with Gasteiger partial charge < -0.3 is 10.1 Å². The highest BCUT2D eigenvalue weighted by Crippen LogP contribution is 2.22. The van der Waals surface area contributed by atoms with Crippen LogP contribution >= 0.6 is 0 Å². The van der Waals surface area contributed by atoms with Crippen molar-refractivity contribution in [3.63, 3.8) is 0 Å². The first kappa shape index (κ1) is 21.4. The highest BCUT2D eigenvalue weighted by molar-refractivity contribution is 7.92. The Bertz CT molecular complexity index is 955. The van der Waals surface area contributed by atoms with Crippen molar-refractivity contribution in [1.29, 1.82) is 0 Å². The molecular weight excluding hydrogens is 380 g/mol. The maximum absolute atomic E-state index is 12.7. The molecule has 0 fully saturated rings. The van der Waals surface area contributed by atoms with Crippen LogP contribution in [0.25, 0.3) is 0 Å². The molecule has 8 heteroatoms. The third-order valence-corrected chi connectivity index (χ3v) is 5.48. The monoisotopic (exact) mass is 404 g/mol. The van der Waals surface area contributed by atoms with Gasteiger partial charge >= 0.3 is 5.97 Å². The number of aryl methyl sites for hydroxylation is 1. The van der Waals surface area contributed by atoms with Crippen molar-refractivity contribution in [2.75, 3.05) is 23.0 Å². The van der Waals surface area contributed by atoms with Gasteiger partial charge in [-0.05, 0) is 49.2 Å². The molecule has 0 aliphatic carbocycles. The lowest BCUT2D eigenvalue weighted by Crippen LogP contribution is -2.45. The second-order valence-corrected chi connectivity index (χ2v) is 8.18. The van der Waals surface area contributed by atoms with Crippen molar-refractivity contribution in [1.82, 2.24) is 0 Å². The summed E-state index contributed by atoms with van der Waals surface area (Å²) in [5, 5.41) is 2.65. The Hall–Kier alpha value is -2.87. The van der Waals surface area contributed by atoms with Gasteiger partial charge in [0.05, 0.1) is 24.6 Å². The number of carbonyl (C=O) groups is 2. The van der Waals surface area contributed by atoms with Crippen molar-refractivity contribution in [3.8, 4) is 0 Å². The number of esters is 1. The van der Waals surface area contributed by atoms with Crippen LogP contribution in [0.2, 0.25) is 0 Å². The summed E-state index contributed by atoms with van der Waals surface area (Å²) in [4.78, 5) is 24.4. The zero-order valence-corrected chi connectivity index (χ0v) is 17.1. The lowest BCUT2D eigenvalue weighted by molar-refractivity contribution is -0.116. The van der Waals surface area contributed by atoms with E-state index in [0.29, 0.717) is 11.4 Å². The predicted molar refractivity (Wildman–Crippen MR) is 109 cm³/mol. The van der Waals surface area contributed by atoms with Crippen molar-refractivity contribution in [3.05, 3.63) is 59.7 Å². The maximum atomic E-state index is 12.7. The van der Waals surface area contributed by atoms with Crippen LogP contribution in [0.5, 0.6) is 0 Å². The lowest BCUT2D eigenvalue weighted by Gasteiger charge is -2.28. The number of carbonyl (C=O) groups excluding carboxylic acids is 2. The minimum absolute atomic E-state index is 0.281. The molecule has 0 radical (unpaired) electrons. The van der Waals surface area contributed by atoms with Gasteiger partial charge in [-0.2, -0.15) is 0 Å². The Labute approximate surface area is 165 Å². The summed E-state index contributed by atoms with van der Waals surface area (Å²) in [5.41, 5.74) is 2.12. The molecule has 0 saturated heterocycles. The van der Waals surface area contributed by atoms with Crippen molar-refractivity contribution < 1.29 is 22.7 Å². The van der Waals surface area contributed by atoms with Crippen molar-refractivity contribution in [2.45, 2.75) is 26.3 Å². The number of nitrogens with zero attached hydrogens (tertiary/aromatic N) is 1. The molecule has 7 nitrogen and oxygen atoms in total. The number of benzene rings is 2. The Balaban J connectivity index is 2.28. The van der Waals surface area contributed by atoms with Crippen LogP contribution in [-0.2, 0) is 26.0 Å². The van der Waals surface area contributed by atoms with E-state index in [1.165, 1.54) is 20.1 Å². The Kier molecular flexibility index (Phi) is 6.80. The molecule has 0 aromatic heterocycles. The van der Waals surface area contributed by atoms with Crippen LogP contribution < -0.4 is 9.62 Å². The molecule has 0 bridgehead atoms. The van der Waals surface area contributed by atoms with Gasteiger partial charge in [0.15, 0.2) is 0 Å². The van der Waals surface area contributed by atoms with Crippen LogP contribution in [0, 0.1) is 0 Å². The van der Waals surface area contributed by atoms with E-state index in [2.05, 4.69) is 10.1 Å². The fourth-order valence-corrected chi connectivity index (χ4v) is 3.95. The highest BCUT2D eigenvalue weighted by Gasteiger charge is 2.29. The second-order valence-electron chi connectivity index (χ2n) is 6.32. The van der Waals surface area contributed by atoms with E-state index in [9.17, 15) is 18.0 Å². The van der Waals surface area contributed by atoms with E-state index in [1.54, 1.807) is 30.3 Å². The van der Waals surface area contributed by atoms with E-state index < -0.39 is 27.9 Å². The summed E-state index contributed by atoms with van der Waals surface area (Å²) in [6, 6.07) is 12.3. The predicted octanol–water partition coefficient (Wildman–Crippen LogP) is 2.83. The Morgan fingerprint density at radius 1 is 1.14 bits per heavy atom. The number of sulfonamides is 1. The van der Waals surface area contributed by atoms with Crippen LogP contribution in [-0.4, -0.2) is 39.7 Å². The lowest BCUT2D eigenvalue weighted by atomic mass is 10.1. The Morgan fingerprint density at radius 3 is 2.32 bits per heavy atom. The number of anilines is 2. The van der Waals surface area contributed by atoms with Gasteiger partial charge in [0, 0.05) is 5.69 Å². The standard InChI is InChI=1S/C20H24N2O5S/c1-5-15-9-11-18(12-10-15)22(28(4,25)26)14(2)19(23)21-17-8-6-7-16(13-17)20(24)27-3/h6-14H,5H2,1-4H3,(H,21,23)/t14-/m1/s1. The van der Waals surface area contributed by atoms with Gasteiger partial charge in [-0.3, -0.25) is 9.10 Å². The van der Waals surface area contributed by atoms with Crippen LogP contribution in [0.15, 0.2) is 48.5 Å². The van der Waals surface area contributed by atoms with E-state index >= 15 is 0 Å². The zero-order chi connectivity index (χ0) is 20.9. The number of methoxy groups -OCH3 is 1. The number of amides is 1. The number of ether oxygens (including phenoxy) is 1. The summed E-state index contributed by atoms with van der Waals surface area (Å²) in [5.74, 6) is -1.05. The van der Waals surface area contributed by atoms with E-state index in [1.807, 2.05) is 19.1 Å². The zero-order valence-electron chi connectivity index (χ0n) is 16.3. The smallest absolute Gasteiger partial charge is 0.337 e. The molecule has 0 saturated carbocycles. The molecular formula is C20H24N2O5S. The molecule has 1 atom stereocenters.